The molecule has 98 valence electrons. The number of benzene rings is 2. The van der Waals surface area contributed by atoms with Crippen molar-refractivity contribution in [3.63, 3.8) is 0 Å². The van der Waals surface area contributed by atoms with Crippen LogP contribution in [-0.4, -0.2) is 12.0 Å². The number of carbonyl (C=O) groups excluding carboxylic acids is 1. The summed E-state index contributed by atoms with van der Waals surface area (Å²) in [5, 5.41) is 1.16. The van der Waals surface area contributed by atoms with Crippen LogP contribution in [0.5, 0.6) is 0 Å². The second-order valence-corrected chi connectivity index (χ2v) is 5.79. The molecule has 0 aromatic heterocycles. The van der Waals surface area contributed by atoms with Crippen LogP contribution in [0.3, 0.4) is 0 Å². The van der Waals surface area contributed by atoms with E-state index >= 15 is 0 Å². The average Bonchev–Trinajstić information content (AvgIpc) is 2.43. The Morgan fingerprint density at radius 2 is 1.79 bits per heavy atom. The molecule has 2 rings (SSSR count). The highest BCUT2D eigenvalue weighted by atomic mass is 35.5. The summed E-state index contributed by atoms with van der Waals surface area (Å²) >= 11 is 13.6. The molecular formula is C15H12Cl2OS. The first-order valence-electron chi connectivity index (χ1n) is 5.71. The van der Waals surface area contributed by atoms with E-state index in [0.717, 1.165) is 10.5 Å². The lowest BCUT2D eigenvalue weighted by Crippen LogP contribution is -2.03. The Morgan fingerprint density at radius 3 is 2.42 bits per heavy atom. The maximum Gasteiger partial charge on any atom is 0.167 e. The molecule has 0 N–H and O–H groups in total. The third-order valence-corrected chi connectivity index (χ3v) is 4.12. The zero-order valence-electron chi connectivity index (χ0n) is 10.3. The van der Waals surface area contributed by atoms with Gasteiger partial charge in [-0.1, -0.05) is 35.3 Å². The van der Waals surface area contributed by atoms with Gasteiger partial charge in [-0.3, -0.25) is 4.79 Å². The molecule has 0 atom stereocenters. The summed E-state index contributed by atoms with van der Waals surface area (Å²) in [6.07, 6.45) is 2.26. The second-order valence-electron chi connectivity index (χ2n) is 4.06. The smallest absolute Gasteiger partial charge is 0.167 e. The van der Waals surface area contributed by atoms with Crippen molar-refractivity contribution in [2.75, 3.05) is 6.26 Å². The van der Waals surface area contributed by atoms with Gasteiger partial charge in [-0.2, -0.15) is 0 Å². The van der Waals surface area contributed by atoms with Crippen LogP contribution in [0.15, 0.2) is 47.4 Å². The first-order valence-corrected chi connectivity index (χ1v) is 7.69. The monoisotopic (exact) mass is 310 g/mol. The molecule has 2 aromatic carbocycles. The van der Waals surface area contributed by atoms with Crippen LogP contribution in [0.1, 0.15) is 15.9 Å². The predicted molar refractivity (Wildman–Crippen MR) is 82.7 cm³/mol. The fraction of sp³-hybridized carbons (Fsp3) is 0.133. The molecule has 0 amide bonds. The van der Waals surface area contributed by atoms with Crippen molar-refractivity contribution in [1.29, 1.82) is 0 Å². The van der Waals surface area contributed by atoms with Crippen molar-refractivity contribution in [1.82, 2.24) is 0 Å². The summed E-state index contributed by atoms with van der Waals surface area (Å²) in [7, 11) is 0. The summed E-state index contributed by atoms with van der Waals surface area (Å²) in [6.45, 7) is 0. The van der Waals surface area contributed by atoms with Crippen molar-refractivity contribution >= 4 is 40.7 Å². The van der Waals surface area contributed by atoms with Crippen LogP contribution in [0.25, 0.3) is 0 Å². The summed E-state index contributed by atoms with van der Waals surface area (Å²) in [4.78, 5) is 13.3. The van der Waals surface area contributed by atoms with E-state index in [1.54, 1.807) is 30.0 Å². The number of rotatable bonds is 4. The molecule has 0 heterocycles. The minimum absolute atomic E-state index is 0.0387. The van der Waals surface area contributed by atoms with E-state index in [2.05, 4.69) is 0 Å². The van der Waals surface area contributed by atoms with E-state index in [4.69, 9.17) is 23.2 Å². The Balaban J connectivity index is 2.18. The van der Waals surface area contributed by atoms with Crippen LogP contribution in [0.2, 0.25) is 10.0 Å². The van der Waals surface area contributed by atoms with E-state index < -0.39 is 0 Å². The summed E-state index contributed by atoms with van der Waals surface area (Å²) in [5.41, 5.74) is 1.45. The van der Waals surface area contributed by atoms with Crippen molar-refractivity contribution in [3.8, 4) is 0 Å². The maximum absolute atomic E-state index is 12.2. The van der Waals surface area contributed by atoms with Gasteiger partial charge >= 0.3 is 0 Å². The maximum atomic E-state index is 12.2. The Bertz CT molecular complexity index is 594. The summed E-state index contributed by atoms with van der Waals surface area (Å²) < 4.78 is 0. The van der Waals surface area contributed by atoms with Gasteiger partial charge in [0, 0.05) is 26.9 Å². The van der Waals surface area contributed by atoms with Crippen LogP contribution in [0.4, 0.5) is 0 Å². The normalized spacial score (nSPS) is 10.5. The van der Waals surface area contributed by atoms with Gasteiger partial charge in [-0.05, 0) is 42.2 Å². The minimum Gasteiger partial charge on any atom is -0.294 e. The lowest BCUT2D eigenvalue weighted by atomic mass is 10.0. The van der Waals surface area contributed by atoms with Crippen LogP contribution in [0, 0.1) is 0 Å². The zero-order chi connectivity index (χ0) is 13.8. The highest BCUT2D eigenvalue weighted by Gasteiger charge is 2.10. The van der Waals surface area contributed by atoms with Crippen LogP contribution in [-0.2, 0) is 6.42 Å². The standard InChI is InChI=1S/C15H12Cl2OS/c1-19-13-5-2-10(3-6-13)15(18)9-11-8-12(16)4-7-14(11)17/h2-8H,9H2,1H3. The number of Topliss-reactive ketones (excluding diaryl/α,β-unsaturated/α-hetero) is 1. The lowest BCUT2D eigenvalue weighted by Gasteiger charge is -2.05. The number of carbonyl (C=O) groups is 1. The number of hydrogen-bond acceptors (Lipinski definition) is 2. The Morgan fingerprint density at radius 1 is 1.11 bits per heavy atom. The van der Waals surface area contributed by atoms with Crippen LogP contribution < -0.4 is 0 Å². The second kappa shape index (κ2) is 6.47. The van der Waals surface area contributed by atoms with Crippen molar-refractivity contribution in [2.45, 2.75) is 11.3 Å². The quantitative estimate of drug-likeness (QED) is 0.574. The van der Waals surface area contributed by atoms with E-state index in [1.165, 1.54) is 0 Å². The molecule has 0 spiro atoms. The molecule has 0 saturated heterocycles. The third-order valence-electron chi connectivity index (χ3n) is 2.77. The van der Waals surface area contributed by atoms with Gasteiger partial charge in [0.25, 0.3) is 0 Å². The molecule has 1 nitrogen and oxygen atoms in total. The summed E-state index contributed by atoms with van der Waals surface area (Å²) in [5.74, 6) is 0.0387. The van der Waals surface area contributed by atoms with E-state index in [9.17, 15) is 4.79 Å². The topological polar surface area (TPSA) is 17.1 Å². The minimum atomic E-state index is 0.0387. The number of halogens is 2. The Kier molecular flexibility index (Phi) is 4.92. The van der Waals surface area contributed by atoms with E-state index in [0.29, 0.717) is 15.6 Å². The van der Waals surface area contributed by atoms with Gasteiger partial charge in [0.05, 0.1) is 0 Å². The SMILES string of the molecule is CSc1ccc(C(=O)Cc2cc(Cl)ccc2Cl)cc1. The third kappa shape index (κ3) is 3.75. The molecule has 0 unspecified atom stereocenters. The number of thioether (sulfide) groups is 1. The number of ketones is 1. The average molecular weight is 311 g/mol. The van der Waals surface area contributed by atoms with E-state index in [-0.39, 0.29) is 12.2 Å². The largest absolute Gasteiger partial charge is 0.294 e. The molecule has 4 heteroatoms. The fourth-order valence-corrected chi connectivity index (χ4v) is 2.52. The van der Waals surface area contributed by atoms with Gasteiger partial charge < -0.3 is 0 Å². The van der Waals surface area contributed by atoms with E-state index in [1.807, 2.05) is 30.5 Å². The molecule has 0 radical (unpaired) electrons. The first-order chi connectivity index (χ1) is 9.10. The molecule has 0 aliphatic heterocycles. The van der Waals surface area contributed by atoms with Crippen molar-refractivity contribution in [3.05, 3.63) is 63.6 Å². The van der Waals surface area contributed by atoms with Gasteiger partial charge in [0.1, 0.15) is 0 Å². The number of hydrogen-bond donors (Lipinski definition) is 0. The van der Waals surface area contributed by atoms with Crippen LogP contribution >= 0.6 is 35.0 Å². The molecule has 0 fully saturated rings. The molecule has 0 saturated carbocycles. The molecule has 0 aliphatic carbocycles. The molecule has 2 aromatic rings. The van der Waals surface area contributed by atoms with Gasteiger partial charge in [0.2, 0.25) is 0 Å². The Labute approximate surface area is 126 Å². The Hall–Kier alpha value is -0.960. The highest BCUT2D eigenvalue weighted by molar-refractivity contribution is 7.98. The molecule has 19 heavy (non-hydrogen) atoms. The van der Waals surface area contributed by atoms with Gasteiger partial charge in [-0.25, -0.2) is 0 Å². The first kappa shape index (κ1) is 14.4. The summed E-state index contributed by atoms with van der Waals surface area (Å²) in [6, 6.07) is 12.7. The highest BCUT2D eigenvalue weighted by Crippen LogP contribution is 2.23. The van der Waals surface area contributed by atoms with Crippen molar-refractivity contribution < 1.29 is 4.79 Å². The molecule has 0 bridgehead atoms. The van der Waals surface area contributed by atoms with Gasteiger partial charge in [-0.15, -0.1) is 11.8 Å². The fourth-order valence-electron chi connectivity index (χ4n) is 1.73. The lowest BCUT2D eigenvalue weighted by molar-refractivity contribution is 0.0993. The zero-order valence-corrected chi connectivity index (χ0v) is 12.6. The van der Waals surface area contributed by atoms with Gasteiger partial charge in [0.15, 0.2) is 5.78 Å². The van der Waals surface area contributed by atoms with Crippen molar-refractivity contribution in [2.24, 2.45) is 0 Å². The molecular weight excluding hydrogens is 299 g/mol. The predicted octanol–water partition coefficient (Wildman–Crippen LogP) is 5.14. The molecule has 0 aliphatic rings.